The molecule has 0 amide bonds. The van der Waals surface area contributed by atoms with Crippen molar-refractivity contribution in [2.75, 3.05) is 27.2 Å². The molecule has 0 radical (unpaired) electrons. The highest BCUT2D eigenvalue weighted by atomic mass is 16.3. The summed E-state index contributed by atoms with van der Waals surface area (Å²) in [4.78, 5) is 4.79. The molecule has 1 aromatic heterocycles. The minimum Gasteiger partial charge on any atom is -0.465 e. The number of aryl methyl sites for hydroxylation is 1. The summed E-state index contributed by atoms with van der Waals surface area (Å²) < 4.78 is 5.78. The van der Waals surface area contributed by atoms with Gasteiger partial charge in [0.25, 0.3) is 0 Å². The van der Waals surface area contributed by atoms with Gasteiger partial charge in [0.05, 0.1) is 6.04 Å². The van der Waals surface area contributed by atoms with Crippen LogP contribution >= 0.6 is 0 Å². The summed E-state index contributed by atoms with van der Waals surface area (Å²) in [6, 6.07) is 4.92. The molecule has 1 aliphatic rings. The van der Waals surface area contributed by atoms with Crippen LogP contribution in [0.4, 0.5) is 0 Å². The SMILES string of the molecule is Cc1ccc(C(C(C)N)N(C)CC2CCCN2C)o1. The third-order valence-electron chi connectivity index (χ3n) is 4.20. The fraction of sp³-hybridized carbons (Fsp3) is 0.733. The quantitative estimate of drug-likeness (QED) is 0.884. The molecule has 1 aliphatic heterocycles. The number of furan rings is 1. The van der Waals surface area contributed by atoms with Gasteiger partial charge >= 0.3 is 0 Å². The first-order chi connectivity index (χ1) is 8.99. The molecule has 1 saturated heterocycles. The molecule has 4 nitrogen and oxygen atoms in total. The Morgan fingerprint density at radius 2 is 2.26 bits per heavy atom. The molecule has 0 spiro atoms. The highest BCUT2D eigenvalue weighted by Gasteiger charge is 2.29. The number of hydrogen-bond donors (Lipinski definition) is 1. The van der Waals surface area contributed by atoms with Crippen LogP contribution in [0.25, 0.3) is 0 Å². The molecule has 108 valence electrons. The summed E-state index contributed by atoms with van der Waals surface area (Å²) >= 11 is 0. The number of hydrogen-bond acceptors (Lipinski definition) is 4. The summed E-state index contributed by atoms with van der Waals surface area (Å²) in [5, 5.41) is 0. The molecule has 2 heterocycles. The molecule has 3 unspecified atom stereocenters. The van der Waals surface area contributed by atoms with E-state index in [1.165, 1.54) is 19.4 Å². The van der Waals surface area contributed by atoms with Crippen molar-refractivity contribution in [3.63, 3.8) is 0 Å². The van der Waals surface area contributed by atoms with Gasteiger partial charge in [-0.3, -0.25) is 4.90 Å². The van der Waals surface area contributed by atoms with Crippen molar-refractivity contribution in [1.82, 2.24) is 9.80 Å². The number of nitrogens with zero attached hydrogens (tertiary/aromatic N) is 2. The molecular weight excluding hydrogens is 238 g/mol. The Bertz CT molecular complexity index is 402. The lowest BCUT2D eigenvalue weighted by molar-refractivity contribution is 0.146. The Labute approximate surface area is 116 Å². The van der Waals surface area contributed by atoms with E-state index in [0.29, 0.717) is 6.04 Å². The average molecular weight is 265 g/mol. The topological polar surface area (TPSA) is 45.6 Å². The third kappa shape index (κ3) is 3.38. The molecule has 4 heteroatoms. The monoisotopic (exact) mass is 265 g/mol. The van der Waals surface area contributed by atoms with Crippen molar-refractivity contribution >= 4 is 0 Å². The van der Waals surface area contributed by atoms with Gasteiger partial charge in [0, 0.05) is 18.6 Å². The van der Waals surface area contributed by atoms with Crippen molar-refractivity contribution in [2.24, 2.45) is 5.73 Å². The zero-order chi connectivity index (χ0) is 14.0. The summed E-state index contributed by atoms with van der Waals surface area (Å²) in [6.07, 6.45) is 2.58. The maximum atomic E-state index is 6.17. The van der Waals surface area contributed by atoms with Crippen LogP contribution in [0.3, 0.4) is 0 Å². The molecule has 1 aromatic rings. The van der Waals surface area contributed by atoms with E-state index in [1.807, 2.05) is 13.0 Å². The van der Waals surface area contributed by atoms with Crippen LogP contribution in [-0.4, -0.2) is 49.1 Å². The minimum absolute atomic E-state index is 0.0576. The minimum atomic E-state index is 0.0576. The number of likely N-dealkylation sites (N-methyl/N-ethyl adjacent to an activating group) is 2. The van der Waals surface area contributed by atoms with Crippen LogP contribution < -0.4 is 5.73 Å². The molecule has 2 rings (SSSR count). The number of rotatable bonds is 5. The van der Waals surface area contributed by atoms with E-state index in [9.17, 15) is 0 Å². The average Bonchev–Trinajstić information content (AvgIpc) is 2.89. The van der Waals surface area contributed by atoms with E-state index in [-0.39, 0.29) is 12.1 Å². The summed E-state index contributed by atoms with van der Waals surface area (Å²) in [5.41, 5.74) is 6.17. The van der Waals surface area contributed by atoms with Gasteiger partial charge in [-0.1, -0.05) is 0 Å². The fourth-order valence-corrected chi connectivity index (χ4v) is 3.15. The molecule has 3 atom stereocenters. The zero-order valence-electron chi connectivity index (χ0n) is 12.6. The number of nitrogens with two attached hydrogens (primary N) is 1. The normalized spacial score (nSPS) is 24.0. The lowest BCUT2D eigenvalue weighted by Crippen LogP contribution is -2.43. The molecule has 1 fully saturated rings. The number of likely N-dealkylation sites (tertiary alicyclic amines) is 1. The Morgan fingerprint density at radius 3 is 2.74 bits per heavy atom. The van der Waals surface area contributed by atoms with Crippen molar-refractivity contribution in [2.45, 2.75) is 44.8 Å². The highest BCUT2D eigenvalue weighted by molar-refractivity contribution is 5.11. The van der Waals surface area contributed by atoms with Gasteiger partial charge in [-0.2, -0.15) is 0 Å². The summed E-state index contributed by atoms with van der Waals surface area (Å²) in [6.45, 7) is 6.29. The Morgan fingerprint density at radius 1 is 1.53 bits per heavy atom. The third-order valence-corrected chi connectivity index (χ3v) is 4.20. The molecule has 0 saturated carbocycles. The second kappa shape index (κ2) is 6.07. The molecule has 2 N–H and O–H groups in total. The molecular formula is C15H27N3O. The van der Waals surface area contributed by atoms with Crippen LogP contribution in [-0.2, 0) is 0 Å². The van der Waals surface area contributed by atoms with Crippen molar-refractivity contribution in [1.29, 1.82) is 0 Å². The molecule has 19 heavy (non-hydrogen) atoms. The largest absolute Gasteiger partial charge is 0.465 e. The van der Waals surface area contributed by atoms with E-state index in [1.54, 1.807) is 0 Å². The van der Waals surface area contributed by atoms with Crippen LogP contribution in [0.1, 0.15) is 37.3 Å². The summed E-state index contributed by atoms with van der Waals surface area (Å²) in [5.74, 6) is 1.93. The molecule has 0 aliphatic carbocycles. The second-order valence-electron chi connectivity index (χ2n) is 5.97. The fourth-order valence-electron chi connectivity index (χ4n) is 3.15. The van der Waals surface area contributed by atoms with E-state index >= 15 is 0 Å². The lowest BCUT2D eigenvalue weighted by atomic mass is 10.1. The van der Waals surface area contributed by atoms with Crippen LogP contribution in [0.5, 0.6) is 0 Å². The van der Waals surface area contributed by atoms with E-state index in [4.69, 9.17) is 10.2 Å². The van der Waals surface area contributed by atoms with Crippen molar-refractivity contribution in [3.8, 4) is 0 Å². The first kappa shape index (κ1) is 14.6. The van der Waals surface area contributed by atoms with Crippen LogP contribution in [0.2, 0.25) is 0 Å². The van der Waals surface area contributed by atoms with Gasteiger partial charge in [0.2, 0.25) is 0 Å². The maximum absolute atomic E-state index is 6.17. The van der Waals surface area contributed by atoms with Gasteiger partial charge in [-0.05, 0) is 59.5 Å². The summed E-state index contributed by atoms with van der Waals surface area (Å²) in [7, 11) is 4.36. The lowest BCUT2D eigenvalue weighted by Gasteiger charge is -2.33. The smallest absolute Gasteiger partial charge is 0.122 e. The van der Waals surface area contributed by atoms with Gasteiger partial charge in [-0.25, -0.2) is 0 Å². The van der Waals surface area contributed by atoms with E-state index in [2.05, 4.69) is 36.9 Å². The van der Waals surface area contributed by atoms with E-state index < -0.39 is 0 Å². The van der Waals surface area contributed by atoms with Gasteiger partial charge < -0.3 is 15.1 Å². The predicted molar refractivity (Wildman–Crippen MR) is 78.1 cm³/mol. The molecule has 0 aromatic carbocycles. The predicted octanol–water partition coefficient (Wildman–Crippen LogP) is 2.00. The second-order valence-corrected chi connectivity index (χ2v) is 5.97. The van der Waals surface area contributed by atoms with Gasteiger partial charge in [0.15, 0.2) is 0 Å². The highest BCUT2D eigenvalue weighted by Crippen LogP contribution is 2.26. The zero-order valence-corrected chi connectivity index (χ0v) is 12.6. The van der Waals surface area contributed by atoms with Crippen LogP contribution in [0, 0.1) is 6.92 Å². The Balaban J connectivity index is 2.06. The maximum Gasteiger partial charge on any atom is 0.122 e. The van der Waals surface area contributed by atoms with E-state index in [0.717, 1.165) is 18.1 Å². The van der Waals surface area contributed by atoms with Crippen molar-refractivity contribution in [3.05, 3.63) is 23.7 Å². The molecule has 0 bridgehead atoms. The van der Waals surface area contributed by atoms with Crippen molar-refractivity contribution < 1.29 is 4.42 Å². The Kier molecular flexibility index (Phi) is 4.66. The van der Waals surface area contributed by atoms with Crippen LogP contribution in [0.15, 0.2) is 16.5 Å². The van der Waals surface area contributed by atoms with Gasteiger partial charge in [-0.15, -0.1) is 0 Å². The first-order valence-corrected chi connectivity index (χ1v) is 7.21. The standard InChI is InChI=1S/C15H27N3O/c1-11-7-8-14(19-11)15(12(2)16)18(4)10-13-6-5-9-17(13)3/h7-8,12-13,15H,5-6,9-10,16H2,1-4H3. The first-order valence-electron chi connectivity index (χ1n) is 7.21. The van der Waals surface area contributed by atoms with Gasteiger partial charge in [0.1, 0.15) is 11.5 Å². The Hall–Kier alpha value is -0.840.